The first-order valence-electron chi connectivity index (χ1n) is 2.77. The van der Waals surface area contributed by atoms with Crippen LogP contribution in [0.4, 0.5) is 0 Å². The van der Waals surface area contributed by atoms with Crippen molar-refractivity contribution in [2.75, 3.05) is 0 Å². The molecule has 0 fully saturated rings. The van der Waals surface area contributed by atoms with E-state index in [-0.39, 0.29) is 0 Å². The van der Waals surface area contributed by atoms with E-state index in [1.54, 1.807) is 6.08 Å². The van der Waals surface area contributed by atoms with Crippen LogP contribution in [0.2, 0.25) is 0 Å². The lowest BCUT2D eigenvalue weighted by atomic mass is 10.1. The van der Waals surface area contributed by atoms with Crippen LogP contribution in [0.15, 0.2) is 29.5 Å². The summed E-state index contributed by atoms with van der Waals surface area (Å²) < 4.78 is 0. The van der Waals surface area contributed by atoms with Crippen molar-refractivity contribution in [1.29, 1.82) is 0 Å². The summed E-state index contributed by atoms with van der Waals surface area (Å²) in [5.41, 5.74) is 11.1. The Morgan fingerprint density at radius 1 is 1.60 bits per heavy atom. The second-order valence-corrected chi connectivity index (χ2v) is 1.88. The van der Waals surface area contributed by atoms with Gasteiger partial charge in [0.2, 0.25) is 0 Å². The first-order valence-corrected chi connectivity index (χ1v) is 2.77. The largest absolute Gasteiger partial charge is 0.363 e. The highest BCUT2D eigenvalue weighted by molar-refractivity contribution is 5.96. The molecule has 0 aromatic carbocycles. The molecule has 50 valence electrons. The van der Waals surface area contributed by atoms with Gasteiger partial charge in [-0.05, 0) is 0 Å². The number of primary amides is 1. The molecule has 0 aromatic rings. The smallest absolute Gasteiger partial charge is 0.277 e. The Labute approximate surface area is 58.7 Å². The maximum absolute atomic E-state index is 10.6. The molecule has 1 aliphatic carbocycles. The number of nitrogens with two attached hydrogens (primary N) is 2. The minimum atomic E-state index is -0.508. The zero-order chi connectivity index (χ0) is 7.56. The number of hydrogen-bond donors (Lipinski definition) is 2. The average molecular weight is 135 g/mol. The van der Waals surface area contributed by atoms with Crippen LogP contribution in [0.25, 0.3) is 0 Å². The van der Waals surface area contributed by atoms with Crippen LogP contribution in [-0.2, 0) is 4.79 Å². The normalized spacial score (nSPS) is 15.2. The van der Waals surface area contributed by atoms with Gasteiger partial charge in [0.15, 0.2) is 11.3 Å². The highest BCUT2D eigenvalue weighted by atomic mass is 16.1. The molecule has 1 rings (SSSR count). The van der Waals surface area contributed by atoms with Gasteiger partial charge in [0, 0.05) is 6.08 Å². The molecule has 10 heavy (non-hydrogen) atoms. The molecule has 4 N–H and O–H groups in total. The number of carbonyl (C=O) groups excluding carboxylic acids is 1. The van der Waals surface area contributed by atoms with Gasteiger partial charge in [0.05, 0.1) is 6.08 Å². The average Bonchev–Trinajstić information content (AvgIpc) is 1.88. The van der Waals surface area contributed by atoms with Gasteiger partial charge in [0.1, 0.15) is 12.2 Å². The van der Waals surface area contributed by atoms with Crippen LogP contribution in [0.3, 0.4) is 0 Å². The second kappa shape index (κ2) is 2.33. The van der Waals surface area contributed by atoms with Crippen molar-refractivity contribution in [1.82, 2.24) is 0 Å². The molecule has 1 aliphatic rings. The van der Waals surface area contributed by atoms with Gasteiger partial charge < -0.3 is 11.5 Å². The van der Waals surface area contributed by atoms with Gasteiger partial charge in [-0.2, -0.15) is 0 Å². The van der Waals surface area contributed by atoms with Crippen LogP contribution < -0.4 is 11.5 Å². The van der Waals surface area contributed by atoms with Gasteiger partial charge in [-0.25, -0.2) is 0 Å². The predicted octanol–water partition coefficient (Wildman–Crippen LogP) is -0.386. The van der Waals surface area contributed by atoms with Crippen molar-refractivity contribution in [3.63, 3.8) is 0 Å². The van der Waals surface area contributed by atoms with E-state index in [2.05, 4.69) is 6.08 Å². The highest BCUT2D eigenvalue weighted by Crippen LogP contribution is 2.06. The molecular formula is C7H7N2O+. The standard InChI is InChI=1S/C7H6N2O/c8-6-4-2-1-3-5(6)7(9)10/h1,3-4H,(H3-,8,9,10)/p+1. The van der Waals surface area contributed by atoms with Crippen molar-refractivity contribution >= 4 is 5.91 Å². The van der Waals surface area contributed by atoms with E-state index in [1.165, 1.54) is 12.2 Å². The number of carbonyl (C=O) groups is 1. The summed E-state index contributed by atoms with van der Waals surface area (Å²) in [6.07, 6.45) is 7.37. The van der Waals surface area contributed by atoms with E-state index < -0.39 is 5.91 Å². The van der Waals surface area contributed by atoms with Gasteiger partial charge in [-0.3, -0.25) is 4.79 Å². The Bertz CT molecular complexity index is 248. The third-order valence-corrected chi connectivity index (χ3v) is 1.16. The quantitative estimate of drug-likeness (QED) is 0.481. The molecule has 3 nitrogen and oxygen atoms in total. The summed E-state index contributed by atoms with van der Waals surface area (Å²) in [5, 5.41) is 0. The van der Waals surface area contributed by atoms with E-state index in [0.29, 0.717) is 11.3 Å². The number of amides is 1. The van der Waals surface area contributed by atoms with Crippen molar-refractivity contribution in [3.8, 4) is 0 Å². The van der Waals surface area contributed by atoms with Crippen LogP contribution in [0.1, 0.15) is 0 Å². The van der Waals surface area contributed by atoms with E-state index in [4.69, 9.17) is 11.5 Å². The molecule has 0 bridgehead atoms. The first kappa shape index (κ1) is 6.52. The van der Waals surface area contributed by atoms with Gasteiger partial charge in [-0.15, -0.1) is 0 Å². The molecule has 0 saturated carbocycles. The summed E-state index contributed by atoms with van der Waals surface area (Å²) in [5.74, 6) is -0.508. The summed E-state index contributed by atoms with van der Waals surface area (Å²) in [6.45, 7) is 0. The molecular weight excluding hydrogens is 128 g/mol. The summed E-state index contributed by atoms with van der Waals surface area (Å²) in [4.78, 5) is 10.6. The predicted molar refractivity (Wildman–Crippen MR) is 37.4 cm³/mol. The van der Waals surface area contributed by atoms with Crippen molar-refractivity contribution < 1.29 is 4.79 Å². The lowest BCUT2D eigenvalue weighted by Gasteiger charge is -1.92. The van der Waals surface area contributed by atoms with E-state index in [0.717, 1.165) is 0 Å². The molecule has 0 radical (unpaired) electrons. The molecule has 0 spiro atoms. The Balaban J connectivity index is 3.04. The van der Waals surface area contributed by atoms with Crippen LogP contribution in [-0.4, -0.2) is 5.91 Å². The fourth-order valence-electron chi connectivity index (χ4n) is 0.668. The van der Waals surface area contributed by atoms with Gasteiger partial charge >= 0.3 is 0 Å². The van der Waals surface area contributed by atoms with Gasteiger partial charge in [-0.1, -0.05) is 0 Å². The molecule has 0 aromatic heterocycles. The fourth-order valence-corrected chi connectivity index (χ4v) is 0.668. The molecule has 0 unspecified atom stereocenters. The van der Waals surface area contributed by atoms with Crippen molar-refractivity contribution in [3.05, 3.63) is 35.6 Å². The van der Waals surface area contributed by atoms with E-state index >= 15 is 0 Å². The first-order chi connectivity index (χ1) is 4.72. The van der Waals surface area contributed by atoms with Crippen molar-refractivity contribution in [2.24, 2.45) is 11.5 Å². The number of allylic oxidation sites excluding steroid dienone is 3. The van der Waals surface area contributed by atoms with E-state index in [9.17, 15) is 4.79 Å². The zero-order valence-corrected chi connectivity index (χ0v) is 5.29. The van der Waals surface area contributed by atoms with Crippen LogP contribution in [0, 0.1) is 6.08 Å². The lowest BCUT2D eigenvalue weighted by Crippen LogP contribution is -2.17. The number of rotatable bonds is 1. The minimum Gasteiger partial charge on any atom is -0.363 e. The Hall–Kier alpha value is -1.60. The topological polar surface area (TPSA) is 69.1 Å². The van der Waals surface area contributed by atoms with E-state index in [1.807, 2.05) is 0 Å². The van der Waals surface area contributed by atoms with Crippen molar-refractivity contribution in [2.45, 2.75) is 0 Å². The monoisotopic (exact) mass is 135 g/mol. The lowest BCUT2D eigenvalue weighted by molar-refractivity contribution is -0.114. The zero-order valence-electron chi connectivity index (χ0n) is 5.29. The van der Waals surface area contributed by atoms with Crippen LogP contribution in [0.5, 0.6) is 0 Å². The Kier molecular flexibility index (Phi) is 1.52. The summed E-state index contributed by atoms with van der Waals surface area (Å²) >= 11 is 0. The maximum atomic E-state index is 10.6. The molecule has 3 heteroatoms. The molecule has 0 heterocycles. The minimum absolute atomic E-state index is 0.346. The SMILES string of the molecule is NC(=O)C1=C(N)C=[C+]C=C1. The third kappa shape index (κ3) is 1.04. The molecule has 0 atom stereocenters. The Morgan fingerprint density at radius 2 is 2.30 bits per heavy atom. The highest BCUT2D eigenvalue weighted by Gasteiger charge is 2.14. The summed E-state index contributed by atoms with van der Waals surface area (Å²) in [6, 6.07) is 0. The van der Waals surface area contributed by atoms with Gasteiger partial charge in [0.25, 0.3) is 5.91 Å². The molecule has 0 saturated heterocycles. The number of hydrogen-bond acceptors (Lipinski definition) is 2. The second-order valence-electron chi connectivity index (χ2n) is 1.88. The maximum Gasteiger partial charge on any atom is 0.277 e. The Morgan fingerprint density at radius 3 is 2.70 bits per heavy atom. The molecule has 0 aliphatic heterocycles. The molecule has 1 amide bonds. The third-order valence-electron chi connectivity index (χ3n) is 1.16. The fraction of sp³-hybridized carbons (Fsp3) is 0. The summed E-state index contributed by atoms with van der Waals surface area (Å²) in [7, 11) is 0. The van der Waals surface area contributed by atoms with Crippen LogP contribution >= 0.6 is 0 Å².